The highest BCUT2D eigenvalue weighted by atomic mass is 35.5. The monoisotopic (exact) mass is 381 g/mol. The van der Waals surface area contributed by atoms with Gasteiger partial charge in [-0.3, -0.25) is 19.9 Å². The number of benzene rings is 2. The Bertz CT molecular complexity index is 976. The first-order valence-electron chi connectivity index (χ1n) is 8.18. The summed E-state index contributed by atoms with van der Waals surface area (Å²) in [5, 5.41) is 11.6. The molecular weight excluding hydrogens is 366 g/mol. The smallest absolute Gasteiger partial charge is 0.272 e. The van der Waals surface area contributed by atoms with Crippen molar-refractivity contribution in [2.24, 2.45) is 0 Å². The molecular formula is C20H16ClN3O3. The number of carbonyl (C=O) groups excluding carboxylic acids is 1. The lowest BCUT2D eigenvalue weighted by Crippen LogP contribution is -2.30. The molecule has 0 aliphatic rings. The molecule has 0 atom stereocenters. The van der Waals surface area contributed by atoms with Crippen LogP contribution >= 0.6 is 11.6 Å². The molecule has 1 heterocycles. The van der Waals surface area contributed by atoms with Crippen molar-refractivity contribution in [2.75, 3.05) is 4.90 Å². The molecule has 7 heteroatoms. The first kappa shape index (κ1) is 18.5. The number of anilines is 1. The van der Waals surface area contributed by atoms with Crippen molar-refractivity contribution < 1.29 is 9.72 Å². The summed E-state index contributed by atoms with van der Waals surface area (Å²) in [5.41, 5.74) is 2.16. The van der Waals surface area contributed by atoms with Gasteiger partial charge in [0.25, 0.3) is 11.6 Å². The van der Waals surface area contributed by atoms with Crippen molar-refractivity contribution in [2.45, 2.75) is 13.5 Å². The average Bonchev–Trinajstić information content (AvgIpc) is 2.67. The molecule has 0 aliphatic carbocycles. The number of carbonyl (C=O) groups is 1. The summed E-state index contributed by atoms with van der Waals surface area (Å²) < 4.78 is 0. The van der Waals surface area contributed by atoms with Crippen molar-refractivity contribution >= 4 is 28.9 Å². The molecule has 6 nitrogen and oxygen atoms in total. The van der Waals surface area contributed by atoms with Crippen LogP contribution in [0, 0.1) is 17.0 Å². The number of hydrogen-bond donors (Lipinski definition) is 0. The van der Waals surface area contributed by atoms with Crippen LogP contribution in [-0.4, -0.2) is 15.8 Å². The van der Waals surface area contributed by atoms with E-state index in [9.17, 15) is 14.9 Å². The Hall–Kier alpha value is -3.25. The fourth-order valence-electron chi connectivity index (χ4n) is 2.70. The van der Waals surface area contributed by atoms with Crippen LogP contribution in [0.25, 0.3) is 0 Å². The number of nitro benzene ring substituents is 1. The highest BCUT2D eigenvalue weighted by Gasteiger charge is 2.21. The fraction of sp³-hybridized carbons (Fsp3) is 0.100. The predicted octanol–water partition coefficient (Wildman–Crippen LogP) is 4.80. The number of pyridine rings is 1. The SMILES string of the molecule is Cc1cc(C(=O)N(Cc2ccccn2)c2ccc(Cl)cc2)ccc1[N+](=O)[O-]. The van der Waals surface area contributed by atoms with Crippen molar-refractivity contribution in [3.8, 4) is 0 Å². The van der Waals surface area contributed by atoms with E-state index in [1.165, 1.54) is 18.2 Å². The summed E-state index contributed by atoms with van der Waals surface area (Å²) in [6, 6.07) is 16.7. The maximum Gasteiger partial charge on any atom is 0.272 e. The van der Waals surface area contributed by atoms with E-state index in [0.717, 1.165) is 5.69 Å². The zero-order valence-electron chi connectivity index (χ0n) is 14.5. The molecule has 3 rings (SSSR count). The number of nitrogens with zero attached hydrogens (tertiary/aromatic N) is 3. The number of nitro groups is 1. The molecule has 0 saturated heterocycles. The van der Waals surface area contributed by atoms with Crippen molar-refractivity contribution in [1.82, 2.24) is 4.98 Å². The van der Waals surface area contributed by atoms with E-state index in [4.69, 9.17) is 11.6 Å². The molecule has 0 radical (unpaired) electrons. The lowest BCUT2D eigenvalue weighted by atomic mass is 10.1. The van der Waals surface area contributed by atoms with Gasteiger partial charge in [-0.1, -0.05) is 17.7 Å². The molecule has 0 N–H and O–H groups in total. The Kier molecular flexibility index (Phi) is 5.47. The molecule has 0 bridgehead atoms. The minimum absolute atomic E-state index is 0.0191. The maximum atomic E-state index is 13.2. The van der Waals surface area contributed by atoms with E-state index in [0.29, 0.717) is 21.8 Å². The van der Waals surface area contributed by atoms with E-state index >= 15 is 0 Å². The topological polar surface area (TPSA) is 76.3 Å². The summed E-state index contributed by atoms with van der Waals surface area (Å²) in [7, 11) is 0. The summed E-state index contributed by atoms with van der Waals surface area (Å²) in [6.07, 6.45) is 1.66. The Labute approximate surface area is 161 Å². The average molecular weight is 382 g/mol. The third-order valence-corrected chi connectivity index (χ3v) is 4.32. The minimum Gasteiger partial charge on any atom is -0.302 e. The van der Waals surface area contributed by atoms with E-state index in [1.54, 1.807) is 48.4 Å². The van der Waals surface area contributed by atoms with Crippen LogP contribution in [0.1, 0.15) is 21.6 Å². The zero-order valence-corrected chi connectivity index (χ0v) is 15.3. The molecule has 0 fully saturated rings. The summed E-state index contributed by atoms with van der Waals surface area (Å²) in [4.78, 5) is 29.6. The Morgan fingerprint density at radius 2 is 1.89 bits per heavy atom. The standard InChI is InChI=1S/C20H16ClN3O3/c1-14-12-15(5-10-19(14)24(26)27)20(25)23(13-17-4-2-3-11-22-17)18-8-6-16(21)7-9-18/h2-12H,13H2,1H3. The lowest BCUT2D eigenvalue weighted by Gasteiger charge is -2.23. The van der Waals surface area contributed by atoms with E-state index in [1.807, 2.05) is 12.1 Å². The van der Waals surface area contributed by atoms with Gasteiger partial charge in [-0.15, -0.1) is 0 Å². The quantitative estimate of drug-likeness (QED) is 0.470. The number of amides is 1. The van der Waals surface area contributed by atoms with Gasteiger partial charge < -0.3 is 4.90 Å². The summed E-state index contributed by atoms with van der Waals surface area (Å²) >= 11 is 5.96. The van der Waals surface area contributed by atoms with Crippen LogP contribution in [0.3, 0.4) is 0 Å². The number of rotatable bonds is 5. The zero-order chi connectivity index (χ0) is 19.4. The van der Waals surface area contributed by atoms with Gasteiger partial charge in [0.2, 0.25) is 0 Å². The van der Waals surface area contributed by atoms with E-state index in [2.05, 4.69) is 4.98 Å². The molecule has 1 aromatic heterocycles. The highest BCUT2D eigenvalue weighted by molar-refractivity contribution is 6.30. The maximum absolute atomic E-state index is 13.2. The normalized spacial score (nSPS) is 10.4. The van der Waals surface area contributed by atoms with Gasteiger partial charge in [0.05, 0.1) is 17.2 Å². The van der Waals surface area contributed by atoms with E-state index in [-0.39, 0.29) is 18.1 Å². The van der Waals surface area contributed by atoms with Crippen LogP contribution < -0.4 is 4.90 Å². The molecule has 0 saturated carbocycles. The minimum atomic E-state index is -0.464. The van der Waals surface area contributed by atoms with Crippen LogP contribution in [0.15, 0.2) is 66.9 Å². The van der Waals surface area contributed by atoms with E-state index < -0.39 is 4.92 Å². The highest BCUT2D eigenvalue weighted by Crippen LogP contribution is 2.24. The number of hydrogen-bond acceptors (Lipinski definition) is 4. The van der Waals surface area contributed by atoms with Crippen LogP contribution in [0.2, 0.25) is 5.02 Å². The van der Waals surface area contributed by atoms with Gasteiger partial charge in [-0.2, -0.15) is 0 Å². The Morgan fingerprint density at radius 1 is 1.15 bits per heavy atom. The van der Waals surface area contributed by atoms with Gasteiger partial charge in [-0.05, 0) is 55.5 Å². The molecule has 0 unspecified atom stereocenters. The third kappa shape index (κ3) is 4.30. The third-order valence-electron chi connectivity index (χ3n) is 4.07. The van der Waals surface area contributed by atoms with Gasteiger partial charge in [0, 0.05) is 34.1 Å². The lowest BCUT2D eigenvalue weighted by molar-refractivity contribution is -0.385. The first-order valence-corrected chi connectivity index (χ1v) is 8.56. The number of aryl methyl sites for hydroxylation is 1. The number of halogens is 1. The molecule has 2 aromatic carbocycles. The molecule has 27 heavy (non-hydrogen) atoms. The fourth-order valence-corrected chi connectivity index (χ4v) is 2.83. The largest absolute Gasteiger partial charge is 0.302 e. The van der Waals surface area contributed by atoms with Crippen molar-refractivity contribution in [3.05, 3.63) is 98.8 Å². The second-order valence-electron chi connectivity index (χ2n) is 5.95. The van der Waals surface area contributed by atoms with Crippen molar-refractivity contribution in [1.29, 1.82) is 0 Å². The van der Waals surface area contributed by atoms with Gasteiger partial charge in [-0.25, -0.2) is 0 Å². The molecule has 1 amide bonds. The van der Waals surface area contributed by atoms with Gasteiger partial charge >= 0.3 is 0 Å². The summed E-state index contributed by atoms with van der Waals surface area (Å²) in [6.45, 7) is 1.87. The second kappa shape index (κ2) is 7.97. The van der Waals surface area contributed by atoms with Gasteiger partial charge in [0.1, 0.15) is 0 Å². The van der Waals surface area contributed by atoms with Gasteiger partial charge in [0.15, 0.2) is 0 Å². The second-order valence-corrected chi connectivity index (χ2v) is 6.38. The predicted molar refractivity (Wildman–Crippen MR) is 104 cm³/mol. The molecule has 3 aromatic rings. The van der Waals surface area contributed by atoms with Crippen LogP contribution in [0.5, 0.6) is 0 Å². The van der Waals surface area contributed by atoms with Crippen LogP contribution in [0.4, 0.5) is 11.4 Å². The Balaban J connectivity index is 1.99. The number of aromatic nitrogens is 1. The van der Waals surface area contributed by atoms with Crippen LogP contribution in [-0.2, 0) is 6.54 Å². The molecule has 136 valence electrons. The first-order chi connectivity index (χ1) is 13.0. The Morgan fingerprint density at radius 3 is 2.48 bits per heavy atom. The molecule has 0 spiro atoms. The molecule has 0 aliphatic heterocycles. The van der Waals surface area contributed by atoms with Crippen molar-refractivity contribution in [3.63, 3.8) is 0 Å². The summed E-state index contributed by atoms with van der Waals surface area (Å²) in [5.74, 6) is -0.277.